The molecular weight excluding hydrogens is 336 g/mol. The normalized spacial score (nSPS) is 14.5. The zero-order chi connectivity index (χ0) is 18.6. The molecule has 1 amide bonds. The van der Waals surface area contributed by atoms with E-state index in [-0.39, 0.29) is 5.91 Å². The highest BCUT2D eigenvalue weighted by Crippen LogP contribution is 2.20. The van der Waals surface area contributed by atoms with Crippen LogP contribution in [-0.2, 0) is 17.8 Å². The Labute approximate surface area is 160 Å². The highest BCUT2D eigenvalue weighted by molar-refractivity contribution is 5.78. The first-order valence-electron chi connectivity index (χ1n) is 9.73. The first-order chi connectivity index (χ1) is 13.2. The van der Waals surface area contributed by atoms with Gasteiger partial charge in [0, 0.05) is 37.7 Å². The van der Waals surface area contributed by atoms with Crippen molar-refractivity contribution in [3.05, 3.63) is 65.6 Å². The summed E-state index contributed by atoms with van der Waals surface area (Å²) in [5, 5.41) is 3.00. The van der Waals surface area contributed by atoms with Crippen molar-refractivity contribution in [3.8, 4) is 0 Å². The van der Waals surface area contributed by atoms with E-state index in [0.29, 0.717) is 13.0 Å². The summed E-state index contributed by atoms with van der Waals surface area (Å²) >= 11 is 0. The fraction of sp³-hybridized carbons (Fsp3) is 0.364. The minimum atomic E-state index is -0.00355. The summed E-state index contributed by atoms with van der Waals surface area (Å²) in [4.78, 5) is 19.3. The molecule has 27 heavy (non-hydrogen) atoms. The molecule has 0 aliphatic carbocycles. The molecular formula is C22H26N4O. The molecule has 1 fully saturated rings. The van der Waals surface area contributed by atoms with Crippen molar-refractivity contribution in [2.75, 3.05) is 18.0 Å². The minimum absolute atomic E-state index is 0.00355. The third-order valence-electron chi connectivity index (χ3n) is 5.22. The largest absolute Gasteiger partial charge is 0.372 e. The molecule has 1 aromatic carbocycles. The molecule has 5 nitrogen and oxygen atoms in total. The van der Waals surface area contributed by atoms with E-state index in [1.165, 1.54) is 24.9 Å². The summed E-state index contributed by atoms with van der Waals surface area (Å²) in [6.45, 7) is 4.87. The van der Waals surface area contributed by atoms with E-state index in [1.807, 2.05) is 35.9 Å². The van der Waals surface area contributed by atoms with Crippen molar-refractivity contribution in [2.45, 2.75) is 39.2 Å². The highest BCUT2D eigenvalue weighted by atomic mass is 16.1. The molecule has 3 heterocycles. The van der Waals surface area contributed by atoms with Crippen LogP contribution >= 0.6 is 0 Å². The van der Waals surface area contributed by atoms with Crippen LogP contribution in [0.5, 0.6) is 0 Å². The number of aromatic nitrogens is 2. The maximum Gasteiger partial charge on any atom is 0.226 e. The number of hydrogen-bond acceptors (Lipinski definition) is 3. The van der Waals surface area contributed by atoms with E-state index in [0.717, 1.165) is 35.6 Å². The van der Waals surface area contributed by atoms with Gasteiger partial charge < -0.3 is 14.6 Å². The Bertz CT molecular complexity index is 923. The Morgan fingerprint density at radius 3 is 2.63 bits per heavy atom. The van der Waals surface area contributed by atoms with Crippen molar-refractivity contribution in [3.63, 3.8) is 0 Å². The second-order valence-corrected chi connectivity index (χ2v) is 7.32. The number of benzene rings is 1. The lowest BCUT2D eigenvalue weighted by Gasteiger charge is -2.28. The van der Waals surface area contributed by atoms with Crippen molar-refractivity contribution in [2.24, 2.45) is 0 Å². The van der Waals surface area contributed by atoms with Gasteiger partial charge >= 0.3 is 0 Å². The van der Waals surface area contributed by atoms with Crippen LogP contribution in [0.3, 0.4) is 0 Å². The molecule has 0 spiro atoms. The van der Waals surface area contributed by atoms with Crippen molar-refractivity contribution in [1.29, 1.82) is 0 Å². The van der Waals surface area contributed by atoms with Crippen molar-refractivity contribution >= 4 is 17.2 Å². The number of nitrogens with zero attached hydrogens (tertiary/aromatic N) is 3. The van der Waals surface area contributed by atoms with Crippen molar-refractivity contribution in [1.82, 2.24) is 14.7 Å². The predicted octanol–water partition coefficient (Wildman–Crippen LogP) is 3.49. The average Bonchev–Trinajstić information content (AvgIpc) is 3.11. The van der Waals surface area contributed by atoms with Gasteiger partial charge in [0.1, 0.15) is 5.65 Å². The van der Waals surface area contributed by atoms with Gasteiger partial charge in [-0.25, -0.2) is 4.98 Å². The fourth-order valence-corrected chi connectivity index (χ4v) is 3.69. The smallest absolute Gasteiger partial charge is 0.226 e. The van der Waals surface area contributed by atoms with Gasteiger partial charge in [0.25, 0.3) is 0 Å². The molecule has 0 saturated carbocycles. The van der Waals surface area contributed by atoms with Gasteiger partial charge in [0.05, 0.1) is 12.1 Å². The number of imidazole rings is 1. The van der Waals surface area contributed by atoms with Gasteiger partial charge in [-0.3, -0.25) is 4.79 Å². The molecule has 0 radical (unpaired) electrons. The molecule has 2 aromatic heterocycles. The third kappa shape index (κ3) is 4.13. The topological polar surface area (TPSA) is 49.6 Å². The van der Waals surface area contributed by atoms with Gasteiger partial charge in [0.15, 0.2) is 0 Å². The van der Waals surface area contributed by atoms with Crippen LogP contribution in [0.15, 0.2) is 48.8 Å². The molecule has 1 aliphatic rings. The minimum Gasteiger partial charge on any atom is -0.372 e. The van der Waals surface area contributed by atoms with Gasteiger partial charge in [0.2, 0.25) is 5.91 Å². The summed E-state index contributed by atoms with van der Waals surface area (Å²) in [7, 11) is 0. The number of aryl methyl sites for hydroxylation is 1. The molecule has 1 N–H and O–H groups in total. The van der Waals surface area contributed by atoms with Gasteiger partial charge in [-0.15, -0.1) is 0 Å². The van der Waals surface area contributed by atoms with E-state index in [9.17, 15) is 4.79 Å². The summed E-state index contributed by atoms with van der Waals surface area (Å²) in [5.41, 5.74) is 5.22. The molecule has 0 unspecified atom stereocenters. The maximum atomic E-state index is 12.3. The number of rotatable bonds is 5. The molecule has 0 atom stereocenters. The number of fused-ring (bicyclic) bond motifs is 1. The third-order valence-corrected chi connectivity index (χ3v) is 5.22. The lowest BCUT2D eigenvalue weighted by Crippen LogP contribution is -2.29. The van der Waals surface area contributed by atoms with Crippen LogP contribution in [0.1, 0.15) is 36.1 Å². The summed E-state index contributed by atoms with van der Waals surface area (Å²) in [6.07, 6.45) is 8.08. The Morgan fingerprint density at radius 1 is 1.11 bits per heavy atom. The monoisotopic (exact) mass is 362 g/mol. The van der Waals surface area contributed by atoms with Crippen LogP contribution in [0.4, 0.5) is 5.69 Å². The summed E-state index contributed by atoms with van der Waals surface area (Å²) < 4.78 is 1.97. The Hall–Kier alpha value is -2.82. The lowest BCUT2D eigenvalue weighted by atomic mass is 10.1. The molecule has 1 aliphatic heterocycles. The molecule has 5 heteroatoms. The molecule has 140 valence electrons. The number of piperidine rings is 1. The first kappa shape index (κ1) is 17.6. The van der Waals surface area contributed by atoms with Crippen LogP contribution in [0, 0.1) is 6.92 Å². The Morgan fingerprint density at radius 2 is 1.89 bits per heavy atom. The maximum absolute atomic E-state index is 12.3. The number of carbonyl (C=O) groups excluding carboxylic acids is 1. The summed E-state index contributed by atoms with van der Waals surface area (Å²) in [6, 6.07) is 12.6. The van der Waals surface area contributed by atoms with Gasteiger partial charge in [-0.1, -0.05) is 18.2 Å². The molecule has 0 bridgehead atoms. The summed E-state index contributed by atoms with van der Waals surface area (Å²) in [5.74, 6) is -0.00355. The quantitative estimate of drug-likeness (QED) is 0.756. The molecule has 1 saturated heterocycles. The van der Waals surface area contributed by atoms with Crippen LogP contribution in [0.25, 0.3) is 5.65 Å². The van der Waals surface area contributed by atoms with Crippen LogP contribution in [0.2, 0.25) is 0 Å². The Balaban J connectivity index is 1.32. The van der Waals surface area contributed by atoms with E-state index < -0.39 is 0 Å². The van der Waals surface area contributed by atoms with Crippen LogP contribution in [-0.4, -0.2) is 28.4 Å². The lowest BCUT2D eigenvalue weighted by molar-refractivity contribution is -0.120. The molecule has 3 aromatic rings. The van der Waals surface area contributed by atoms with Crippen LogP contribution < -0.4 is 10.2 Å². The average molecular weight is 362 g/mol. The number of pyridine rings is 1. The first-order valence-corrected chi connectivity index (χ1v) is 9.73. The standard InChI is InChI=1S/C22H26N4O/c1-17-6-5-13-26-16-19(24-22(17)26)14-21(27)23-15-18-7-9-20(10-8-18)25-11-3-2-4-12-25/h5-10,13,16H,2-4,11-12,14-15H2,1H3,(H,23,27). The number of hydrogen-bond donors (Lipinski definition) is 1. The molecule has 4 rings (SSSR count). The number of carbonyl (C=O) groups is 1. The predicted molar refractivity (Wildman–Crippen MR) is 108 cm³/mol. The van der Waals surface area contributed by atoms with E-state index in [1.54, 1.807) is 0 Å². The zero-order valence-electron chi connectivity index (χ0n) is 15.8. The second-order valence-electron chi connectivity index (χ2n) is 7.32. The van der Waals surface area contributed by atoms with Gasteiger partial charge in [-0.2, -0.15) is 0 Å². The van der Waals surface area contributed by atoms with Gasteiger partial charge in [-0.05, 0) is 55.5 Å². The number of amides is 1. The highest BCUT2D eigenvalue weighted by Gasteiger charge is 2.11. The fourth-order valence-electron chi connectivity index (χ4n) is 3.69. The van der Waals surface area contributed by atoms with E-state index >= 15 is 0 Å². The van der Waals surface area contributed by atoms with Crippen molar-refractivity contribution < 1.29 is 4.79 Å². The zero-order valence-corrected chi connectivity index (χ0v) is 15.8. The van der Waals surface area contributed by atoms with E-state index in [2.05, 4.69) is 39.5 Å². The number of anilines is 1. The van der Waals surface area contributed by atoms with E-state index in [4.69, 9.17) is 0 Å². The number of nitrogens with one attached hydrogen (secondary N) is 1. The SMILES string of the molecule is Cc1cccn2cc(CC(=O)NCc3ccc(N4CCCCC4)cc3)nc12. The Kier molecular flexibility index (Phi) is 5.10. The second kappa shape index (κ2) is 7.82.